The van der Waals surface area contributed by atoms with Crippen LogP contribution in [0.2, 0.25) is 0 Å². The Balaban J connectivity index is 2.82. The lowest BCUT2D eigenvalue weighted by Gasteiger charge is -2.35. The van der Waals surface area contributed by atoms with Gasteiger partial charge in [-0.05, 0) is 32.4 Å². The molecule has 3 nitrogen and oxygen atoms in total. The van der Waals surface area contributed by atoms with E-state index < -0.39 is 0 Å². The van der Waals surface area contributed by atoms with Gasteiger partial charge >= 0.3 is 0 Å². The van der Waals surface area contributed by atoms with Crippen LogP contribution in [-0.4, -0.2) is 44.3 Å². The highest BCUT2D eigenvalue weighted by atomic mass is 16.5. The Morgan fingerprint density at radius 3 is 2.45 bits per heavy atom. The molecule has 0 aliphatic rings. The predicted octanol–water partition coefficient (Wildman–Crippen LogP) is 3.08. The molecule has 0 amide bonds. The maximum Gasteiger partial charge on any atom is 0.0590 e. The van der Waals surface area contributed by atoms with Crippen molar-refractivity contribution >= 4 is 0 Å². The predicted molar refractivity (Wildman–Crippen MR) is 86.1 cm³/mol. The molecule has 1 aromatic carbocycles. The summed E-state index contributed by atoms with van der Waals surface area (Å²) in [6.45, 7) is 10.5. The smallest absolute Gasteiger partial charge is 0.0590 e. The zero-order valence-corrected chi connectivity index (χ0v) is 13.4. The summed E-state index contributed by atoms with van der Waals surface area (Å²) in [5.74, 6) is 0. The van der Waals surface area contributed by atoms with Gasteiger partial charge in [-0.15, -0.1) is 0 Å². The van der Waals surface area contributed by atoms with Crippen molar-refractivity contribution in [3.63, 3.8) is 0 Å². The van der Waals surface area contributed by atoms with E-state index in [2.05, 4.69) is 61.3 Å². The lowest BCUT2D eigenvalue weighted by Crippen LogP contribution is -2.42. The molecule has 20 heavy (non-hydrogen) atoms. The number of nitrogens with one attached hydrogen (secondary N) is 1. The van der Waals surface area contributed by atoms with Gasteiger partial charge in [0.15, 0.2) is 0 Å². The van der Waals surface area contributed by atoms with Gasteiger partial charge in [-0.1, -0.05) is 37.3 Å². The van der Waals surface area contributed by atoms with Crippen LogP contribution in [0.5, 0.6) is 0 Å². The molecule has 1 unspecified atom stereocenters. The summed E-state index contributed by atoms with van der Waals surface area (Å²) in [7, 11) is 1.77. The molecule has 0 saturated carbocycles. The molecule has 1 aromatic rings. The molecular formula is C17H30N2O. The van der Waals surface area contributed by atoms with E-state index in [1.807, 2.05) is 0 Å². The molecule has 0 saturated heterocycles. The van der Waals surface area contributed by atoms with Gasteiger partial charge < -0.3 is 10.1 Å². The molecule has 0 aliphatic heterocycles. The number of ether oxygens (including phenoxy) is 1. The third-order valence-electron chi connectivity index (χ3n) is 3.57. The van der Waals surface area contributed by atoms with E-state index in [4.69, 9.17) is 4.74 Å². The molecular weight excluding hydrogens is 248 g/mol. The first-order chi connectivity index (χ1) is 9.70. The minimum atomic E-state index is 0.401. The second-order valence-corrected chi connectivity index (χ2v) is 5.45. The molecule has 0 fully saturated rings. The quantitative estimate of drug-likeness (QED) is 0.666. The lowest BCUT2D eigenvalue weighted by atomic mass is 10.0. The fourth-order valence-corrected chi connectivity index (χ4v) is 2.49. The molecule has 1 atom stereocenters. The SMILES string of the molecule is CCCNCC(c1ccccc1)N(CCOC)C(C)C. The Labute approximate surface area is 124 Å². The molecule has 0 radical (unpaired) electrons. The Bertz CT molecular complexity index is 340. The van der Waals surface area contributed by atoms with Crippen LogP contribution >= 0.6 is 0 Å². The van der Waals surface area contributed by atoms with Crippen molar-refractivity contribution in [2.75, 3.05) is 33.4 Å². The van der Waals surface area contributed by atoms with Gasteiger partial charge in [-0.2, -0.15) is 0 Å². The van der Waals surface area contributed by atoms with E-state index in [0.29, 0.717) is 12.1 Å². The Hall–Kier alpha value is -0.900. The molecule has 114 valence electrons. The molecule has 0 spiro atoms. The molecule has 1 N–H and O–H groups in total. The molecule has 0 heterocycles. The maximum atomic E-state index is 5.27. The van der Waals surface area contributed by atoms with Crippen LogP contribution < -0.4 is 5.32 Å². The van der Waals surface area contributed by atoms with Crippen molar-refractivity contribution in [1.29, 1.82) is 0 Å². The standard InChI is InChI=1S/C17H30N2O/c1-5-11-18-14-17(16-9-7-6-8-10-16)19(15(2)3)12-13-20-4/h6-10,15,17-18H,5,11-14H2,1-4H3. The average molecular weight is 278 g/mol. The molecule has 0 aliphatic carbocycles. The normalized spacial score (nSPS) is 13.1. The van der Waals surface area contributed by atoms with Crippen LogP contribution in [0.3, 0.4) is 0 Å². The number of nitrogens with zero attached hydrogens (tertiary/aromatic N) is 1. The van der Waals surface area contributed by atoms with E-state index in [1.54, 1.807) is 7.11 Å². The van der Waals surface area contributed by atoms with E-state index >= 15 is 0 Å². The monoisotopic (exact) mass is 278 g/mol. The second-order valence-electron chi connectivity index (χ2n) is 5.45. The zero-order chi connectivity index (χ0) is 14.8. The fraction of sp³-hybridized carbons (Fsp3) is 0.647. The van der Waals surface area contributed by atoms with E-state index in [-0.39, 0.29) is 0 Å². The van der Waals surface area contributed by atoms with E-state index in [0.717, 1.165) is 26.2 Å². The van der Waals surface area contributed by atoms with Gasteiger partial charge in [0.1, 0.15) is 0 Å². The van der Waals surface area contributed by atoms with Crippen LogP contribution in [0.15, 0.2) is 30.3 Å². The van der Waals surface area contributed by atoms with Crippen molar-refractivity contribution in [2.45, 2.75) is 39.3 Å². The lowest BCUT2D eigenvalue weighted by molar-refractivity contribution is 0.0945. The number of rotatable bonds is 10. The van der Waals surface area contributed by atoms with Gasteiger partial charge in [0.2, 0.25) is 0 Å². The minimum Gasteiger partial charge on any atom is -0.383 e. The van der Waals surface area contributed by atoms with E-state index in [1.165, 1.54) is 12.0 Å². The number of hydrogen-bond acceptors (Lipinski definition) is 3. The summed E-state index contributed by atoms with van der Waals surface area (Å²) < 4.78 is 5.27. The van der Waals surface area contributed by atoms with E-state index in [9.17, 15) is 0 Å². The van der Waals surface area contributed by atoms with Gasteiger partial charge in [-0.25, -0.2) is 0 Å². The highest BCUT2D eigenvalue weighted by molar-refractivity contribution is 5.19. The molecule has 0 aromatic heterocycles. The van der Waals surface area contributed by atoms with Crippen molar-refractivity contribution in [2.24, 2.45) is 0 Å². The summed E-state index contributed by atoms with van der Waals surface area (Å²) in [4.78, 5) is 2.52. The van der Waals surface area contributed by atoms with Crippen LogP contribution in [0, 0.1) is 0 Å². The minimum absolute atomic E-state index is 0.401. The number of methoxy groups -OCH3 is 1. The average Bonchev–Trinajstić information content (AvgIpc) is 2.46. The third-order valence-corrected chi connectivity index (χ3v) is 3.57. The van der Waals surface area contributed by atoms with Crippen molar-refractivity contribution in [3.05, 3.63) is 35.9 Å². The first-order valence-electron chi connectivity index (χ1n) is 7.71. The highest BCUT2D eigenvalue weighted by Gasteiger charge is 2.22. The van der Waals surface area contributed by atoms with Crippen molar-refractivity contribution < 1.29 is 4.74 Å². The van der Waals surface area contributed by atoms with Crippen LogP contribution in [0.1, 0.15) is 38.8 Å². The topological polar surface area (TPSA) is 24.5 Å². The number of benzene rings is 1. The van der Waals surface area contributed by atoms with Crippen molar-refractivity contribution in [3.8, 4) is 0 Å². The largest absolute Gasteiger partial charge is 0.383 e. The summed E-state index contributed by atoms with van der Waals surface area (Å²) in [6.07, 6.45) is 1.17. The fourth-order valence-electron chi connectivity index (χ4n) is 2.49. The zero-order valence-electron chi connectivity index (χ0n) is 13.4. The molecule has 3 heteroatoms. The molecule has 1 rings (SSSR count). The first-order valence-corrected chi connectivity index (χ1v) is 7.71. The summed E-state index contributed by atoms with van der Waals surface area (Å²) >= 11 is 0. The highest BCUT2D eigenvalue weighted by Crippen LogP contribution is 2.22. The Kier molecular flexibility index (Phi) is 8.51. The van der Waals surface area contributed by atoms with Gasteiger partial charge in [0.05, 0.1) is 6.61 Å². The third kappa shape index (κ3) is 5.61. The van der Waals surface area contributed by atoms with Crippen LogP contribution in [0.4, 0.5) is 0 Å². The summed E-state index contributed by atoms with van der Waals surface area (Å²) in [6, 6.07) is 11.7. The summed E-state index contributed by atoms with van der Waals surface area (Å²) in [5, 5.41) is 3.56. The maximum absolute atomic E-state index is 5.27. The van der Waals surface area contributed by atoms with Crippen LogP contribution in [-0.2, 0) is 4.74 Å². The van der Waals surface area contributed by atoms with Gasteiger partial charge in [0.25, 0.3) is 0 Å². The Morgan fingerprint density at radius 1 is 1.20 bits per heavy atom. The number of hydrogen-bond donors (Lipinski definition) is 1. The second kappa shape index (κ2) is 9.92. The van der Waals surface area contributed by atoms with Gasteiger partial charge in [0, 0.05) is 32.3 Å². The van der Waals surface area contributed by atoms with Gasteiger partial charge in [-0.3, -0.25) is 4.90 Å². The summed E-state index contributed by atoms with van der Waals surface area (Å²) in [5.41, 5.74) is 1.38. The Morgan fingerprint density at radius 2 is 1.90 bits per heavy atom. The van der Waals surface area contributed by atoms with Crippen molar-refractivity contribution in [1.82, 2.24) is 10.2 Å². The first kappa shape index (κ1) is 17.2. The van der Waals surface area contributed by atoms with Crippen LogP contribution in [0.25, 0.3) is 0 Å². The molecule has 0 bridgehead atoms.